The molecule has 2 aliphatic rings. The minimum Gasteiger partial charge on any atom is -0.431 e. The van der Waals surface area contributed by atoms with Crippen LogP contribution in [0.5, 0.6) is 0 Å². The molecule has 3 heterocycles. The summed E-state index contributed by atoms with van der Waals surface area (Å²) >= 11 is 0.708. The average molecular weight is 360 g/mol. The van der Waals surface area contributed by atoms with Crippen molar-refractivity contribution in [2.24, 2.45) is 0 Å². The largest absolute Gasteiger partial charge is 0.431 e. The SMILES string of the molecule is O=C1NC(=O)C2(OC(=O)C(=O)C2Sc2nc3ccccc3[nH]2)C(=O)N1. The Bertz CT molecular complexity index is 930. The van der Waals surface area contributed by atoms with Crippen LogP contribution in [0, 0.1) is 0 Å². The fraction of sp³-hybridized carbons (Fsp3) is 0.143. The van der Waals surface area contributed by atoms with Gasteiger partial charge in [0.2, 0.25) is 0 Å². The number of hydrogen-bond donors (Lipinski definition) is 3. The maximum Gasteiger partial charge on any atom is 0.377 e. The molecule has 2 aliphatic heterocycles. The van der Waals surface area contributed by atoms with Crippen molar-refractivity contribution >= 4 is 52.4 Å². The number of ketones is 1. The number of esters is 1. The molecule has 0 saturated carbocycles. The molecule has 0 bridgehead atoms. The zero-order chi connectivity index (χ0) is 17.8. The van der Waals surface area contributed by atoms with Gasteiger partial charge in [0.25, 0.3) is 23.2 Å². The lowest BCUT2D eigenvalue weighted by Crippen LogP contribution is -2.70. The maximum absolute atomic E-state index is 12.2. The number of thioether (sulfide) groups is 1. The first-order valence-corrected chi connectivity index (χ1v) is 7.85. The second-order valence-corrected chi connectivity index (χ2v) is 6.38. The monoisotopic (exact) mass is 360 g/mol. The number of amides is 4. The lowest BCUT2D eigenvalue weighted by molar-refractivity contribution is -0.166. The number of nitrogens with one attached hydrogen (secondary N) is 3. The second-order valence-electron chi connectivity index (χ2n) is 5.28. The molecule has 2 aromatic rings. The third kappa shape index (κ3) is 2.12. The number of Topliss-reactive ketones (excluding diaryl/α,β-unsaturated/α-hetero) is 1. The number of barbiturate groups is 1. The molecule has 10 nitrogen and oxygen atoms in total. The third-order valence-electron chi connectivity index (χ3n) is 3.79. The Labute approximate surface area is 142 Å². The standard InChI is InChI=1S/C14H8N4O6S/c19-7-8(25-13-15-5-3-1-2-4-6(5)16-13)14(24-9(7)20)10(21)17-12(23)18-11(14)22/h1-4,8H,(H,15,16)(H2,17,18,21,22,23). The molecule has 0 radical (unpaired) electrons. The highest BCUT2D eigenvalue weighted by atomic mass is 32.2. The molecule has 1 atom stereocenters. The van der Waals surface area contributed by atoms with Crippen LogP contribution in [-0.2, 0) is 23.9 Å². The van der Waals surface area contributed by atoms with Crippen molar-refractivity contribution in [1.82, 2.24) is 20.6 Å². The number of rotatable bonds is 2. The molecule has 25 heavy (non-hydrogen) atoms. The average Bonchev–Trinajstić information content (AvgIpc) is 3.07. The molecule has 0 aliphatic carbocycles. The topological polar surface area (TPSA) is 147 Å². The molecule has 4 amide bonds. The first-order chi connectivity index (χ1) is 11.9. The van der Waals surface area contributed by atoms with Gasteiger partial charge in [-0.3, -0.25) is 25.0 Å². The Morgan fingerprint density at radius 3 is 2.40 bits per heavy atom. The van der Waals surface area contributed by atoms with E-state index in [4.69, 9.17) is 4.74 Å². The second kappa shape index (κ2) is 5.14. The zero-order valence-electron chi connectivity index (χ0n) is 12.2. The number of aromatic amines is 1. The molecular formula is C14H8N4O6S. The lowest BCUT2D eigenvalue weighted by Gasteiger charge is -2.31. The van der Waals surface area contributed by atoms with Crippen molar-refractivity contribution in [3.05, 3.63) is 24.3 Å². The normalized spacial score (nSPS) is 22.2. The summed E-state index contributed by atoms with van der Waals surface area (Å²) in [5, 5.41) is 2.38. The van der Waals surface area contributed by atoms with Gasteiger partial charge < -0.3 is 9.72 Å². The molecule has 1 spiro atoms. The maximum atomic E-state index is 12.2. The van der Waals surface area contributed by atoms with Gasteiger partial charge in [0.1, 0.15) is 5.25 Å². The first-order valence-electron chi connectivity index (χ1n) is 6.97. The molecule has 3 N–H and O–H groups in total. The minimum absolute atomic E-state index is 0.217. The summed E-state index contributed by atoms with van der Waals surface area (Å²) in [4.78, 5) is 66.8. The van der Waals surface area contributed by atoms with Crippen LogP contribution in [0.3, 0.4) is 0 Å². The molecule has 2 fully saturated rings. The summed E-state index contributed by atoms with van der Waals surface area (Å²) in [5.41, 5.74) is -1.18. The van der Waals surface area contributed by atoms with Gasteiger partial charge in [-0.15, -0.1) is 0 Å². The Morgan fingerprint density at radius 2 is 1.72 bits per heavy atom. The van der Waals surface area contributed by atoms with Gasteiger partial charge in [0, 0.05) is 0 Å². The minimum atomic E-state index is -2.45. The zero-order valence-corrected chi connectivity index (χ0v) is 13.0. The molecule has 4 rings (SSSR count). The van der Waals surface area contributed by atoms with Crippen molar-refractivity contribution < 1.29 is 28.7 Å². The van der Waals surface area contributed by atoms with Gasteiger partial charge >= 0.3 is 12.0 Å². The van der Waals surface area contributed by atoms with E-state index in [2.05, 4.69) is 9.97 Å². The Balaban J connectivity index is 1.76. The van der Waals surface area contributed by atoms with Crippen LogP contribution >= 0.6 is 11.8 Å². The van der Waals surface area contributed by atoms with E-state index < -0.39 is 40.4 Å². The number of ether oxygens (including phenoxy) is 1. The molecule has 1 aromatic carbocycles. The molecule has 1 aromatic heterocycles. The number of imidazole rings is 1. The van der Waals surface area contributed by atoms with Gasteiger partial charge in [-0.1, -0.05) is 23.9 Å². The van der Waals surface area contributed by atoms with Crippen molar-refractivity contribution in [1.29, 1.82) is 0 Å². The summed E-state index contributed by atoms with van der Waals surface area (Å²) in [5.74, 6) is -4.73. The molecule has 2 saturated heterocycles. The fourth-order valence-corrected chi connectivity index (χ4v) is 3.81. The Morgan fingerprint density at radius 1 is 1.04 bits per heavy atom. The molecule has 126 valence electrons. The van der Waals surface area contributed by atoms with Crippen LogP contribution in [0.2, 0.25) is 0 Å². The van der Waals surface area contributed by atoms with Gasteiger partial charge in [0.05, 0.1) is 11.0 Å². The predicted octanol–water partition coefficient (Wildman–Crippen LogP) is -0.746. The van der Waals surface area contributed by atoms with Crippen molar-refractivity contribution in [3.63, 3.8) is 0 Å². The van der Waals surface area contributed by atoms with E-state index in [1.54, 1.807) is 24.3 Å². The highest BCUT2D eigenvalue weighted by Gasteiger charge is 2.68. The number of nitrogens with zero attached hydrogens (tertiary/aromatic N) is 1. The Kier molecular flexibility index (Phi) is 3.15. The highest BCUT2D eigenvalue weighted by Crippen LogP contribution is 2.39. The van der Waals surface area contributed by atoms with E-state index in [1.807, 2.05) is 10.6 Å². The smallest absolute Gasteiger partial charge is 0.377 e. The van der Waals surface area contributed by atoms with E-state index in [-0.39, 0.29) is 5.16 Å². The molecular weight excluding hydrogens is 352 g/mol. The van der Waals surface area contributed by atoms with E-state index in [0.29, 0.717) is 22.8 Å². The van der Waals surface area contributed by atoms with Crippen LogP contribution in [-0.4, -0.2) is 50.4 Å². The van der Waals surface area contributed by atoms with Gasteiger partial charge in [-0.25, -0.2) is 14.6 Å². The van der Waals surface area contributed by atoms with Crippen LogP contribution in [0.4, 0.5) is 4.79 Å². The summed E-state index contributed by atoms with van der Waals surface area (Å²) in [6.07, 6.45) is 0. The van der Waals surface area contributed by atoms with E-state index in [0.717, 1.165) is 0 Å². The number of para-hydroxylation sites is 2. The quantitative estimate of drug-likeness (QED) is 0.360. The molecule has 1 unspecified atom stereocenters. The summed E-state index contributed by atoms with van der Waals surface area (Å²) in [7, 11) is 0. The van der Waals surface area contributed by atoms with Crippen LogP contribution in [0.15, 0.2) is 29.4 Å². The number of aromatic nitrogens is 2. The number of carbonyl (C=O) groups is 5. The van der Waals surface area contributed by atoms with E-state index in [9.17, 15) is 24.0 Å². The van der Waals surface area contributed by atoms with Gasteiger partial charge in [-0.2, -0.15) is 0 Å². The Hall–Kier alpha value is -3.21. The van der Waals surface area contributed by atoms with Crippen LogP contribution in [0.1, 0.15) is 0 Å². The van der Waals surface area contributed by atoms with Crippen LogP contribution < -0.4 is 10.6 Å². The molecule has 11 heteroatoms. The summed E-state index contributed by atoms with van der Waals surface area (Å²) in [6, 6.07) is 5.96. The van der Waals surface area contributed by atoms with Crippen molar-refractivity contribution in [2.75, 3.05) is 0 Å². The summed E-state index contributed by atoms with van der Waals surface area (Å²) in [6.45, 7) is 0. The summed E-state index contributed by atoms with van der Waals surface area (Å²) < 4.78 is 4.81. The number of benzene rings is 1. The van der Waals surface area contributed by atoms with Gasteiger partial charge in [0.15, 0.2) is 5.16 Å². The number of urea groups is 1. The number of carbonyl (C=O) groups excluding carboxylic acids is 5. The number of imide groups is 2. The van der Waals surface area contributed by atoms with Crippen LogP contribution in [0.25, 0.3) is 11.0 Å². The highest BCUT2D eigenvalue weighted by molar-refractivity contribution is 8.00. The van der Waals surface area contributed by atoms with E-state index in [1.165, 1.54) is 0 Å². The van der Waals surface area contributed by atoms with Gasteiger partial charge in [-0.05, 0) is 12.1 Å². The number of H-pyrrole nitrogens is 1. The lowest BCUT2D eigenvalue weighted by atomic mass is 9.95. The first kappa shape index (κ1) is 15.3. The fourth-order valence-electron chi connectivity index (χ4n) is 2.63. The third-order valence-corrected chi connectivity index (χ3v) is 4.99. The van der Waals surface area contributed by atoms with Crippen molar-refractivity contribution in [3.8, 4) is 0 Å². The number of hydrogen-bond acceptors (Lipinski definition) is 8. The van der Waals surface area contributed by atoms with Crippen molar-refractivity contribution in [2.45, 2.75) is 16.0 Å². The van der Waals surface area contributed by atoms with E-state index >= 15 is 0 Å². The predicted molar refractivity (Wildman–Crippen MR) is 81.3 cm³/mol. The number of fused-ring (bicyclic) bond motifs is 1.